The summed E-state index contributed by atoms with van der Waals surface area (Å²) in [5, 5.41) is 2.61. The molecule has 0 unspecified atom stereocenters. The number of anilines is 1. The summed E-state index contributed by atoms with van der Waals surface area (Å²) in [6.07, 6.45) is 1.40. The number of halogens is 1. The van der Waals surface area contributed by atoms with Crippen molar-refractivity contribution in [3.8, 4) is 5.75 Å². The van der Waals surface area contributed by atoms with Crippen LogP contribution in [0.2, 0.25) is 0 Å². The van der Waals surface area contributed by atoms with Crippen LogP contribution in [0.4, 0.5) is 10.1 Å². The highest BCUT2D eigenvalue weighted by atomic mass is 32.2. The van der Waals surface area contributed by atoms with Gasteiger partial charge in [0.25, 0.3) is 10.0 Å². The molecule has 0 radical (unpaired) electrons. The van der Waals surface area contributed by atoms with Crippen LogP contribution in [0.5, 0.6) is 5.75 Å². The van der Waals surface area contributed by atoms with Crippen LogP contribution < -0.4 is 14.8 Å². The molecule has 3 rings (SSSR count). The van der Waals surface area contributed by atoms with E-state index in [4.69, 9.17) is 4.74 Å². The van der Waals surface area contributed by atoms with E-state index in [1.807, 2.05) is 0 Å². The number of para-hydroxylation sites is 1. The zero-order chi connectivity index (χ0) is 20.0. The van der Waals surface area contributed by atoms with Crippen LogP contribution >= 0.6 is 0 Å². The van der Waals surface area contributed by atoms with Gasteiger partial charge in [-0.2, -0.15) is 0 Å². The van der Waals surface area contributed by atoms with Gasteiger partial charge in [0, 0.05) is 18.7 Å². The van der Waals surface area contributed by atoms with E-state index in [1.165, 1.54) is 30.3 Å². The number of nitrogens with one attached hydrogen (secondary N) is 2. The van der Waals surface area contributed by atoms with Gasteiger partial charge in [-0.15, -0.1) is 0 Å². The number of carbonyl (C=O) groups excluding carboxylic acids is 1. The molecular weight excluding hydrogens is 385 g/mol. The van der Waals surface area contributed by atoms with E-state index in [1.54, 1.807) is 18.2 Å². The van der Waals surface area contributed by atoms with E-state index in [0.29, 0.717) is 24.5 Å². The minimum Gasteiger partial charge on any atom is -0.490 e. The summed E-state index contributed by atoms with van der Waals surface area (Å²) < 4.78 is 46.0. The molecule has 7 nitrogen and oxygen atoms in total. The Balaban J connectivity index is 1.56. The largest absolute Gasteiger partial charge is 0.490 e. The third kappa shape index (κ3) is 5.29. The summed E-state index contributed by atoms with van der Waals surface area (Å²) in [5.74, 6) is -0.358. The molecule has 148 valence electrons. The van der Waals surface area contributed by atoms with Crippen LogP contribution in [-0.4, -0.2) is 33.3 Å². The van der Waals surface area contributed by atoms with Gasteiger partial charge in [-0.05, 0) is 36.8 Å². The summed E-state index contributed by atoms with van der Waals surface area (Å²) in [6.45, 7) is 0.606. The van der Waals surface area contributed by atoms with E-state index >= 15 is 0 Å². The third-order valence-corrected chi connectivity index (χ3v) is 5.36. The van der Waals surface area contributed by atoms with Crippen molar-refractivity contribution in [2.45, 2.75) is 24.2 Å². The molecule has 2 aromatic rings. The Morgan fingerprint density at radius 2 is 2.00 bits per heavy atom. The standard InChI is InChI=1S/C19H20FN3O4S/c20-16-7-1-2-8-17(16)27-12-10-19(24)22-14-5-3-6-15(13-14)28(25,26)23-18-9-4-11-21-18/h1-3,5-8,13H,4,9-12H2,(H,21,23)(H,22,24). The van der Waals surface area contributed by atoms with Crippen molar-refractivity contribution in [2.24, 2.45) is 4.99 Å². The van der Waals surface area contributed by atoms with Gasteiger partial charge in [0.1, 0.15) is 5.84 Å². The van der Waals surface area contributed by atoms with Crippen LogP contribution in [0.3, 0.4) is 0 Å². The molecule has 28 heavy (non-hydrogen) atoms. The van der Waals surface area contributed by atoms with E-state index in [0.717, 1.165) is 6.42 Å². The molecule has 0 aliphatic carbocycles. The number of rotatable bonds is 7. The predicted molar refractivity (Wildman–Crippen MR) is 103 cm³/mol. The molecule has 0 spiro atoms. The van der Waals surface area contributed by atoms with Crippen LogP contribution in [-0.2, 0) is 14.8 Å². The van der Waals surface area contributed by atoms with Gasteiger partial charge in [-0.1, -0.05) is 18.2 Å². The summed E-state index contributed by atoms with van der Waals surface area (Å²) in [7, 11) is -3.76. The molecule has 0 bridgehead atoms. The average molecular weight is 405 g/mol. The van der Waals surface area contributed by atoms with Crippen LogP contribution in [0.15, 0.2) is 58.4 Å². The Kier molecular flexibility index (Phi) is 6.25. The smallest absolute Gasteiger partial charge is 0.262 e. The first kappa shape index (κ1) is 19.8. The van der Waals surface area contributed by atoms with E-state index in [2.05, 4.69) is 15.0 Å². The lowest BCUT2D eigenvalue weighted by atomic mass is 10.3. The molecule has 0 aromatic heterocycles. The molecule has 0 saturated heterocycles. The topological polar surface area (TPSA) is 96.9 Å². The number of amides is 1. The first-order valence-corrected chi connectivity index (χ1v) is 10.3. The maximum atomic E-state index is 13.5. The summed E-state index contributed by atoms with van der Waals surface area (Å²) >= 11 is 0. The van der Waals surface area contributed by atoms with Crippen molar-refractivity contribution in [3.05, 3.63) is 54.3 Å². The van der Waals surface area contributed by atoms with Gasteiger partial charge in [0.05, 0.1) is 17.9 Å². The maximum absolute atomic E-state index is 13.5. The normalized spacial score (nSPS) is 13.7. The number of hydrogen-bond acceptors (Lipinski definition) is 5. The summed E-state index contributed by atoms with van der Waals surface area (Å²) in [4.78, 5) is 16.2. The first-order chi connectivity index (χ1) is 13.4. The number of amidine groups is 1. The van der Waals surface area contributed by atoms with Crippen molar-refractivity contribution in [1.82, 2.24) is 4.72 Å². The Morgan fingerprint density at radius 1 is 1.18 bits per heavy atom. The quantitative estimate of drug-likeness (QED) is 0.740. The van der Waals surface area contributed by atoms with E-state index in [-0.39, 0.29) is 29.6 Å². The van der Waals surface area contributed by atoms with Crippen molar-refractivity contribution in [2.75, 3.05) is 18.5 Å². The molecule has 0 fully saturated rings. The van der Waals surface area contributed by atoms with Crippen LogP contribution in [0.25, 0.3) is 0 Å². The van der Waals surface area contributed by atoms with Crippen molar-refractivity contribution >= 4 is 27.5 Å². The monoisotopic (exact) mass is 405 g/mol. The zero-order valence-electron chi connectivity index (χ0n) is 15.0. The van der Waals surface area contributed by atoms with Crippen molar-refractivity contribution in [3.63, 3.8) is 0 Å². The first-order valence-electron chi connectivity index (χ1n) is 8.77. The SMILES string of the molecule is O=C(CCOc1ccccc1F)Nc1cccc(S(=O)(=O)NC2=NCCC2)c1. The number of hydrogen-bond donors (Lipinski definition) is 2. The molecule has 1 aliphatic rings. The Bertz CT molecular complexity index is 992. The second-order valence-electron chi connectivity index (χ2n) is 6.14. The van der Waals surface area contributed by atoms with Crippen LogP contribution in [0.1, 0.15) is 19.3 Å². The lowest BCUT2D eigenvalue weighted by Crippen LogP contribution is -2.29. The molecular formula is C19H20FN3O4S. The number of nitrogens with zero attached hydrogens (tertiary/aromatic N) is 1. The second-order valence-corrected chi connectivity index (χ2v) is 7.82. The molecule has 1 amide bonds. The van der Waals surface area contributed by atoms with Gasteiger partial charge in [0.15, 0.2) is 11.6 Å². The highest BCUT2D eigenvalue weighted by Gasteiger charge is 2.18. The van der Waals surface area contributed by atoms with Gasteiger partial charge >= 0.3 is 0 Å². The fraction of sp³-hybridized carbons (Fsp3) is 0.263. The van der Waals surface area contributed by atoms with E-state index in [9.17, 15) is 17.6 Å². The number of benzene rings is 2. The minimum atomic E-state index is -3.76. The van der Waals surface area contributed by atoms with Crippen molar-refractivity contribution in [1.29, 1.82) is 0 Å². The Hall–Kier alpha value is -2.94. The Morgan fingerprint density at radius 3 is 2.75 bits per heavy atom. The minimum absolute atomic E-state index is 0.00780. The van der Waals surface area contributed by atoms with Crippen molar-refractivity contribution < 1.29 is 22.3 Å². The van der Waals surface area contributed by atoms with Crippen LogP contribution in [0, 0.1) is 5.82 Å². The van der Waals surface area contributed by atoms with Gasteiger partial charge in [-0.3, -0.25) is 14.5 Å². The maximum Gasteiger partial charge on any atom is 0.262 e. The number of carbonyl (C=O) groups is 1. The molecule has 2 aromatic carbocycles. The van der Waals surface area contributed by atoms with Gasteiger partial charge < -0.3 is 10.1 Å². The molecule has 9 heteroatoms. The Labute approximate surface area is 162 Å². The molecule has 0 atom stereocenters. The third-order valence-electron chi connectivity index (χ3n) is 3.98. The predicted octanol–water partition coefficient (Wildman–Crippen LogP) is 2.70. The number of sulfonamides is 1. The molecule has 0 saturated carbocycles. The lowest BCUT2D eigenvalue weighted by Gasteiger charge is -2.10. The molecule has 2 N–H and O–H groups in total. The van der Waals surface area contributed by atoms with Gasteiger partial charge in [0.2, 0.25) is 5.91 Å². The fourth-order valence-corrected chi connectivity index (χ4v) is 3.75. The molecule has 1 aliphatic heterocycles. The average Bonchev–Trinajstić information content (AvgIpc) is 3.16. The summed E-state index contributed by atoms with van der Waals surface area (Å²) in [6, 6.07) is 11.9. The highest BCUT2D eigenvalue weighted by Crippen LogP contribution is 2.18. The highest BCUT2D eigenvalue weighted by molar-refractivity contribution is 7.90. The number of aliphatic imine (C=N–C) groups is 1. The summed E-state index contributed by atoms with van der Waals surface area (Å²) in [5.41, 5.74) is 0.340. The molecule has 1 heterocycles. The fourth-order valence-electron chi connectivity index (χ4n) is 2.62. The van der Waals surface area contributed by atoms with E-state index < -0.39 is 15.8 Å². The van der Waals surface area contributed by atoms with Gasteiger partial charge in [-0.25, -0.2) is 12.8 Å². The second kappa shape index (κ2) is 8.83. The number of ether oxygens (including phenoxy) is 1. The lowest BCUT2D eigenvalue weighted by molar-refractivity contribution is -0.116. The zero-order valence-corrected chi connectivity index (χ0v) is 15.8.